The fraction of sp³-hybridized carbons (Fsp3) is 0.0526. The molecule has 2 aromatic heterocycles. The second kappa shape index (κ2) is 6.83. The van der Waals surface area contributed by atoms with Gasteiger partial charge in [-0.05, 0) is 53.4 Å². The summed E-state index contributed by atoms with van der Waals surface area (Å²) in [4.78, 5) is 17.6. The van der Waals surface area contributed by atoms with E-state index in [1.165, 1.54) is 22.0 Å². The van der Waals surface area contributed by atoms with Gasteiger partial charge in [0.1, 0.15) is 16.3 Å². The molecular formula is C19H11Cl2FN2OS. The molecule has 130 valence electrons. The molecular weight excluding hydrogens is 394 g/mol. The van der Waals surface area contributed by atoms with Crippen LogP contribution in [-0.4, -0.2) is 9.55 Å². The zero-order chi connectivity index (χ0) is 18.3. The Labute approximate surface area is 162 Å². The number of rotatable bonds is 3. The summed E-state index contributed by atoms with van der Waals surface area (Å²) >= 11 is 13.1. The summed E-state index contributed by atoms with van der Waals surface area (Å²) < 4.78 is 16.3. The Hall–Kier alpha value is -2.21. The minimum atomic E-state index is -0.431. The van der Waals surface area contributed by atoms with Gasteiger partial charge in [-0.2, -0.15) is 0 Å². The Balaban J connectivity index is 1.93. The summed E-state index contributed by atoms with van der Waals surface area (Å²) in [5, 5.41) is 2.71. The summed E-state index contributed by atoms with van der Waals surface area (Å²) in [6.45, 7) is 0. The van der Waals surface area contributed by atoms with Gasteiger partial charge in [-0.3, -0.25) is 9.36 Å². The highest BCUT2D eigenvalue weighted by molar-refractivity contribution is 7.17. The Kier molecular flexibility index (Phi) is 4.53. The van der Waals surface area contributed by atoms with Gasteiger partial charge in [-0.15, -0.1) is 11.3 Å². The number of fused-ring (bicyclic) bond motifs is 1. The van der Waals surface area contributed by atoms with Crippen molar-refractivity contribution in [2.45, 2.75) is 6.42 Å². The standard InChI is InChI=1S/C19H11Cl2FN2OS/c20-12-3-5-14(6-4-12)24-17(9-11-1-2-13(21)10-15(11)22)23-16-7-8-26-18(16)19(24)25/h1-8,10H,9H2. The van der Waals surface area contributed by atoms with Crippen LogP contribution < -0.4 is 5.56 Å². The van der Waals surface area contributed by atoms with E-state index in [4.69, 9.17) is 23.2 Å². The predicted molar refractivity (Wildman–Crippen MR) is 104 cm³/mol. The van der Waals surface area contributed by atoms with Crippen molar-refractivity contribution in [3.05, 3.63) is 91.5 Å². The first-order valence-corrected chi connectivity index (χ1v) is 9.35. The van der Waals surface area contributed by atoms with E-state index < -0.39 is 5.82 Å². The maximum absolute atomic E-state index is 14.3. The lowest BCUT2D eigenvalue weighted by molar-refractivity contribution is 0.611. The van der Waals surface area contributed by atoms with Crippen molar-refractivity contribution in [1.82, 2.24) is 9.55 Å². The molecule has 0 fully saturated rings. The largest absolute Gasteiger partial charge is 0.276 e. The van der Waals surface area contributed by atoms with Crippen molar-refractivity contribution < 1.29 is 4.39 Å². The van der Waals surface area contributed by atoms with Gasteiger partial charge in [0.05, 0.1) is 11.2 Å². The Bertz CT molecular complexity index is 1170. The number of benzene rings is 2. The third-order valence-electron chi connectivity index (χ3n) is 4.00. The topological polar surface area (TPSA) is 34.9 Å². The predicted octanol–water partition coefficient (Wildman–Crippen LogP) is 5.48. The van der Waals surface area contributed by atoms with Crippen LogP contribution in [0.2, 0.25) is 10.0 Å². The van der Waals surface area contributed by atoms with Crippen LogP contribution in [0.4, 0.5) is 4.39 Å². The zero-order valence-corrected chi connectivity index (χ0v) is 15.6. The molecule has 0 atom stereocenters. The number of halogens is 3. The van der Waals surface area contributed by atoms with Crippen LogP contribution in [0.1, 0.15) is 11.4 Å². The van der Waals surface area contributed by atoms with Crippen molar-refractivity contribution in [1.29, 1.82) is 0 Å². The van der Waals surface area contributed by atoms with Crippen LogP contribution in [0.5, 0.6) is 0 Å². The first-order valence-electron chi connectivity index (χ1n) is 7.72. The molecule has 0 spiro atoms. The van der Waals surface area contributed by atoms with Crippen molar-refractivity contribution >= 4 is 44.8 Å². The number of aromatic nitrogens is 2. The van der Waals surface area contributed by atoms with Crippen LogP contribution in [0.3, 0.4) is 0 Å². The highest BCUT2D eigenvalue weighted by Gasteiger charge is 2.16. The molecule has 0 aliphatic heterocycles. The molecule has 26 heavy (non-hydrogen) atoms. The van der Waals surface area contributed by atoms with Gasteiger partial charge in [0, 0.05) is 16.5 Å². The summed E-state index contributed by atoms with van der Waals surface area (Å²) in [6.07, 6.45) is 0.159. The SMILES string of the molecule is O=c1c2sccc2nc(Cc2ccc(Cl)cc2F)n1-c1ccc(Cl)cc1. The number of hydrogen-bond acceptors (Lipinski definition) is 3. The molecule has 0 unspecified atom stereocenters. The minimum Gasteiger partial charge on any atom is -0.267 e. The molecule has 2 aromatic carbocycles. The van der Waals surface area contributed by atoms with E-state index in [0.717, 1.165) is 0 Å². The first-order chi connectivity index (χ1) is 12.5. The van der Waals surface area contributed by atoms with E-state index >= 15 is 0 Å². The molecule has 3 nitrogen and oxygen atoms in total. The summed E-state index contributed by atoms with van der Waals surface area (Å²) in [5.74, 6) is 0.0178. The molecule has 7 heteroatoms. The molecule has 0 N–H and O–H groups in total. The van der Waals surface area contributed by atoms with Gasteiger partial charge in [0.25, 0.3) is 5.56 Å². The quantitative estimate of drug-likeness (QED) is 0.452. The van der Waals surface area contributed by atoms with E-state index in [-0.39, 0.29) is 12.0 Å². The van der Waals surface area contributed by atoms with Crippen LogP contribution in [0.15, 0.2) is 58.7 Å². The first kappa shape index (κ1) is 17.2. The third-order valence-corrected chi connectivity index (χ3v) is 5.38. The highest BCUT2D eigenvalue weighted by atomic mass is 35.5. The van der Waals surface area contributed by atoms with Gasteiger partial charge in [-0.25, -0.2) is 9.37 Å². The van der Waals surface area contributed by atoms with Crippen LogP contribution in [-0.2, 0) is 6.42 Å². The molecule has 0 saturated carbocycles. The summed E-state index contributed by atoms with van der Waals surface area (Å²) in [7, 11) is 0. The van der Waals surface area contributed by atoms with E-state index in [0.29, 0.717) is 37.3 Å². The summed E-state index contributed by atoms with van der Waals surface area (Å²) in [5.41, 5.74) is 1.47. The van der Waals surface area contributed by atoms with Crippen molar-refractivity contribution in [2.75, 3.05) is 0 Å². The second-order valence-electron chi connectivity index (χ2n) is 5.69. The fourth-order valence-electron chi connectivity index (χ4n) is 2.77. The average molecular weight is 405 g/mol. The van der Waals surface area contributed by atoms with Crippen LogP contribution >= 0.6 is 34.5 Å². The lowest BCUT2D eigenvalue weighted by atomic mass is 10.1. The smallest absolute Gasteiger partial charge is 0.267 e. The molecule has 0 saturated heterocycles. The average Bonchev–Trinajstić information content (AvgIpc) is 3.08. The molecule has 2 heterocycles. The van der Waals surface area contributed by atoms with E-state index in [9.17, 15) is 9.18 Å². The lowest BCUT2D eigenvalue weighted by Gasteiger charge is -2.13. The van der Waals surface area contributed by atoms with Crippen LogP contribution in [0, 0.1) is 5.82 Å². The maximum atomic E-state index is 14.3. The highest BCUT2D eigenvalue weighted by Crippen LogP contribution is 2.22. The minimum absolute atomic E-state index is 0.159. The van der Waals surface area contributed by atoms with Gasteiger partial charge < -0.3 is 0 Å². The number of thiophene rings is 1. The molecule has 4 rings (SSSR count). The fourth-order valence-corrected chi connectivity index (χ4v) is 3.81. The monoisotopic (exact) mass is 404 g/mol. The van der Waals surface area contributed by atoms with Crippen molar-refractivity contribution in [2.24, 2.45) is 0 Å². The summed E-state index contributed by atoms with van der Waals surface area (Å²) in [6, 6.07) is 13.2. The Morgan fingerprint density at radius 2 is 1.77 bits per heavy atom. The maximum Gasteiger partial charge on any atom is 0.276 e. The van der Waals surface area contributed by atoms with Crippen molar-refractivity contribution in [3.8, 4) is 5.69 Å². The van der Waals surface area contributed by atoms with E-state index in [1.807, 2.05) is 5.38 Å². The molecule has 0 bridgehead atoms. The lowest BCUT2D eigenvalue weighted by Crippen LogP contribution is -2.23. The third kappa shape index (κ3) is 3.14. The molecule has 0 aliphatic rings. The van der Waals surface area contributed by atoms with Gasteiger partial charge >= 0.3 is 0 Å². The molecule has 0 aliphatic carbocycles. The van der Waals surface area contributed by atoms with Gasteiger partial charge in [0.15, 0.2) is 0 Å². The molecule has 0 radical (unpaired) electrons. The molecule has 4 aromatic rings. The van der Waals surface area contributed by atoms with Gasteiger partial charge in [-0.1, -0.05) is 29.3 Å². The number of hydrogen-bond donors (Lipinski definition) is 0. The van der Waals surface area contributed by atoms with Crippen LogP contribution in [0.25, 0.3) is 15.9 Å². The van der Waals surface area contributed by atoms with Crippen molar-refractivity contribution in [3.63, 3.8) is 0 Å². The second-order valence-corrected chi connectivity index (χ2v) is 7.48. The molecule has 0 amide bonds. The Morgan fingerprint density at radius 3 is 2.50 bits per heavy atom. The van der Waals surface area contributed by atoms with Gasteiger partial charge in [0.2, 0.25) is 0 Å². The van der Waals surface area contributed by atoms with E-state index in [2.05, 4.69) is 4.98 Å². The zero-order valence-electron chi connectivity index (χ0n) is 13.2. The normalized spacial score (nSPS) is 11.2. The van der Waals surface area contributed by atoms with E-state index in [1.54, 1.807) is 42.5 Å². The number of nitrogens with zero attached hydrogens (tertiary/aromatic N) is 2. The Morgan fingerprint density at radius 1 is 1.04 bits per heavy atom.